The van der Waals surface area contributed by atoms with Gasteiger partial charge in [0.2, 0.25) is 5.92 Å². The Morgan fingerprint density at radius 3 is 2.42 bits per heavy atom. The first-order valence-corrected chi connectivity index (χ1v) is 14.3. The third-order valence-corrected chi connectivity index (χ3v) is 7.56. The lowest BCUT2D eigenvalue weighted by Crippen LogP contribution is -2.30. The van der Waals surface area contributed by atoms with Crippen LogP contribution in [0.1, 0.15) is 61.6 Å². The van der Waals surface area contributed by atoms with E-state index in [1.54, 1.807) is 20.8 Å². The highest BCUT2D eigenvalue weighted by atomic mass is 32.2. The minimum absolute atomic E-state index is 0.0546. The molecule has 1 N–H and O–H groups in total. The molecule has 0 spiro atoms. The molecule has 1 aliphatic rings. The molecule has 0 aliphatic carbocycles. The molecule has 2 heterocycles. The van der Waals surface area contributed by atoms with Crippen molar-refractivity contribution in [1.29, 1.82) is 0 Å². The van der Waals surface area contributed by atoms with Gasteiger partial charge in [-0.15, -0.1) is 4.36 Å². The fourth-order valence-electron chi connectivity index (χ4n) is 4.05. The number of carbonyl (C=O) groups excluding carboxylic acids is 2. The summed E-state index contributed by atoms with van der Waals surface area (Å²) in [5.41, 5.74) is -2.80. The van der Waals surface area contributed by atoms with Crippen molar-refractivity contribution in [3.05, 3.63) is 47.2 Å². The molecule has 2 amide bonds. The molecule has 1 aliphatic heterocycles. The average molecular weight is 591 g/mol. The highest BCUT2D eigenvalue weighted by Gasteiger charge is 2.37. The van der Waals surface area contributed by atoms with E-state index in [-0.39, 0.29) is 42.3 Å². The molecule has 1 aromatic heterocycles. The lowest BCUT2D eigenvalue weighted by atomic mass is 10.1. The molecule has 3 rings (SSSR count). The summed E-state index contributed by atoms with van der Waals surface area (Å²) in [5.74, 6) is -4.06. The van der Waals surface area contributed by atoms with Crippen LogP contribution in [0.4, 0.5) is 38.3 Å². The first-order chi connectivity index (χ1) is 18.3. The molecule has 8 nitrogen and oxygen atoms in total. The number of carbonyl (C=O) groups is 2. The maximum Gasteiger partial charge on any atom is 0.442 e. The molecule has 0 radical (unpaired) electrons. The molecule has 2 aromatic rings. The van der Waals surface area contributed by atoms with Gasteiger partial charge >= 0.3 is 12.3 Å². The third kappa shape index (κ3) is 8.12. The summed E-state index contributed by atoms with van der Waals surface area (Å²) in [4.78, 5) is 30.9. The first kappa shape index (κ1) is 31.2. The van der Waals surface area contributed by atoms with Gasteiger partial charge in [0.25, 0.3) is 5.91 Å². The summed E-state index contributed by atoms with van der Waals surface area (Å²) in [6.45, 7) is 5.85. The summed E-state index contributed by atoms with van der Waals surface area (Å²) in [7, 11) is -3.32. The Balaban J connectivity index is 1.99. The molecule has 1 saturated heterocycles. The number of pyridine rings is 1. The van der Waals surface area contributed by atoms with E-state index in [4.69, 9.17) is 4.74 Å². The monoisotopic (exact) mass is 590 g/mol. The van der Waals surface area contributed by atoms with E-state index in [0.717, 1.165) is 6.92 Å². The molecule has 0 bridgehead atoms. The Bertz CT molecular complexity index is 1410. The molecule has 40 heavy (non-hydrogen) atoms. The second-order valence-electron chi connectivity index (χ2n) is 10.5. The number of anilines is 2. The van der Waals surface area contributed by atoms with E-state index in [9.17, 15) is 35.8 Å². The summed E-state index contributed by atoms with van der Waals surface area (Å²) in [5, 5.41) is 2.47. The molecule has 1 aromatic carbocycles. The number of ether oxygens (including phenoxy) is 1. The maximum absolute atomic E-state index is 14.0. The minimum atomic E-state index is -4.81. The number of aromatic nitrogens is 1. The lowest BCUT2D eigenvalue weighted by molar-refractivity contribution is -0.138. The first-order valence-electron chi connectivity index (χ1n) is 12.4. The molecular weight excluding hydrogens is 559 g/mol. The van der Waals surface area contributed by atoms with Crippen molar-refractivity contribution >= 4 is 33.2 Å². The summed E-state index contributed by atoms with van der Waals surface area (Å²) in [6, 6.07) is 6.16. The smallest absolute Gasteiger partial charge is 0.442 e. The number of amides is 2. The second-order valence-corrected chi connectivity index (χ2v) is 12.8. The molecule has 1 fully saturated rings. The van der Waals surface area contributed by atoms with E-state index < -0.39 is 62.7 Å². The van der Waals surface area contributed by atoms with Gasteiger partial charge in [0.05, 0.1) is 26.5 Å². The van der Waals surface area contributed by atoms with Gasteiger partial charge in [-0.2, -0.15) is 13.2 Å². The van der Waals surface area contributed by atoms with Crippen LogP contribution in [0.5, 0.6) is 0 Å². The number of aryl methyl sites for hydroxylation is 1. The molecule has 0 saturated carbocycles. The number of rotatable bonds is 4. The number of nitrogens with zero attached hydrogens (tertiary/aromatic N) is 3. The fourth-order valence-corrected chi connectivity index (χ4v) is 5.15. The molecular formula is C26H31F5N4O4S. The van der Waals surface area contributed by atoms with Gasteiger partial charge in [0.1, 0.15) is 11.4 Å². The highest BCUT2D eigenvalue weighted by Crippen LogP contribution is 2.36. The second kappa shape index (κ2) is 11.3. The zero-order chi connectivity index (χ0) is 30.1. The Kier molecular flexibility index (Phi) is 8.82. The topological polar surface area (TPSA) is 101 Å². The van der Waals surface area contributed by atoms with Crippen molar-refractivity contribution in [1.82, 2.24) is 4.98 Å². The number of hydrogen-bond donors (Lipinski definition) is 1. The van der Waals surface area contributed by atoms with Crippen LogP contribution in [-0.4, -0.2) is 52.1 Å². The normalized spacial score (nSPS) is 17.4. The highest BCUT2D eigenvalue weighted by molar-refractivity contribution is 7.93. The quantitative estimate of drug-likeness (QED) is 0.399. The summed E-state index contributed by atoms with van der Waals surface area (Å²) in [6.07, 6.45) is -5.53. The van der Waals surface area contributed by atoms with Crippen LogP contribution in [0.2, 0.25) is 0 Å². The lowest BCUT2D eigenvalue weighted by Gasteiger charge is -2.25. The number of alkyl halides is 5. The Hall–Kier alpha value is -3.29. The summed E-state index contributed by atoms with van der Waals surface area (Å²) < 4.78 is 90.8. The van der Waals surface area contributed by atoms with Crippen LogP contribution in [0, 0.1) is 6.92 Å². The Labute approximate surface area is 229 Å². The van der Waals surface area contributed by atoms with Crippen molar-refractivity contribution in [3.8, 4) is 0 Å². The molecule has 1 atom stereocenters. The van der Waals surface area contributed by atoms with Crippen LogP contribution in [-0.2, 0) is 20.6 Å². The van der Waals surface area contributed by atoms with Crippen molar-refractivity contribution in [2.24, 2.45) is 4.36 Å². The summed E-state index contributed by atoms with van der Waals surface area (Å²) >= 11 is 0. The SMILES string of the molecule is Cc1nc(N2CCCC(F)(F)CC2)c(C(=O)Nc2cccc([S@](C)(=O)=NC(=O)OC(C)(C)C)c2)cc1C(F)(F)F. The third-order valence-electron chi connectivity index (χ3n) is 5.93. The number of hydrogen-bond acceptors (Lipinski definition) is 6. The molecule has 220 valence electrons. The van der Waals surface area contributed by atoms with Gasteiger partial charge in [0.15, 0.2) is 0 Å². The number of halogens is 5. The maximum atomic E-state index is 14.0. The number of nitrogens with one attached hydrogen (secondary N) is 1. The van der Waals surface area contributed by atoms with Crippen molar-refractivity contribution < 1.29 is 40.5 Å². The largest absolute Gasteiger partial charge is 0.442 e. The van der Waals surface area contributed by atoms with Gasteiger partial charge in [-0.05, 0) is 58.4 Å². The van der Waals surface area contributed by atoms with Gasteiger partial charge in [-0.3, -0.25) is 4.79 Å². The Morgan fingerprint density at radius 1 is 1.12 bits per heavy atom. The van der Waals surface area contributed by atoms with Gasteiger partial charge < -0.3 is 15.0 Å². The van der Waals surface area contributed by atoms with Crippen LogP contribution in [0.25, 0.3) is 0 Å². The van der Waals surface area contributed by atoms with E-state index in [1.165, 1.54) is 35.4 Å². The minimum Gasteiger partial charge on any atom is -0.442 e. The van der Waals surface area contributed by atoms with Gasteiger partial charge in [-0.25, -0.2) is 22.8 Å². The van der Waals surface area contributed by atoms with E-state index >= 15 is 0 Å². The van der Waals surface area contributed by atoms with Crippen LogP contribution in [0.3, 0.4) is 0 Å². The van der Waals surface area contributed by atoms with Gasteiger partial charge in [0, 0.05) is 42.8 Å². The van der Waals surface area contributed by atoms with Crippen LogP contribution < -0.4 is 10.2 Å². The predicted molar refractivity (Wildman–Crippen MR) is 140 cm³/mol. The molecule has 0 unspecified atom stereocenters. The van der Waals surface area contributed by atoms with Gasteiger partial charge in [-0.1, -0.05) is 6.07 Å². The Morgan fingerprint density at radius 2 is 1.80 bits per heavy atom. The molecule has 14 heteroatoms. The predicted octanol–water partition coefficient (Wildman–Crippen LogP) is 6.68. The zero-order valence-electron chi connectivity index (χ0n) is 22.7. The zero-order valence-corrected chi connectivity index (χ0v) is 23.5. The van der Waals surface area contributed by atoms with E-state index in [2.05, 4.69) is 14.7 Å². The van der Waals surface area contributed by atoms with E-state index in [0.29, 0.717) is 6.07 Å². The van der Waals surface area contributed by atoms with E-state index in [1.807, 2.05) is 0 Å². The fraction of sp³-hybridized carbons (Fsp3) is 0.500. The van der Waals surface area contributed by atoms with Crippen LogP contribution >= 0.6 is 0 Å². The van der Waals surface area contributed by atoms with Crippen LogP contribution in [0.15, 0.2) is 39.6 Å². The standard InChI is InChI=1S/C26H31F5N4O4S/c1-16-20(26(29,30)31)15-19(21(32-16)35-12-7-10-25(27,28)11-13-35)22(36)33-17-8-6-9-18(14-17)40(5,38)34-23(37)39-24(2,3)4/h6,8-9,14-15H,7,10-13H2,1-5H3,(H,33,36)/t40-/m0/s1. The van der Waals surface area contributed by atoms with Crippen molar-refractivity contribution in [3.63, 3.8) is 0 Å². The van der Waals surface area contributed by atoms with Crippen molar-refractivity contribution in [2.45, 2.75) is 69.6 Å². The van der Waals surface area contributed by atoms with Crippen molar-refractivity contribution in [2.75, 3.05) is 29.6 Å². The number of benzene rings is 1. The average Bonchev–Trinajstić information content (AvgIpc) is 2.96.